The van der Waals surface area contributed by atoms with Crippen molar-refractivity contribution < 1.29 is 14.3 Å². The predicted molar refractivity (Wildman–Crippen MR) is 48.5 cm³/mol. The lowest BCUT2D eigenvalue weighted by Gasteiger charge is -2.34. The lowest BCUT2D eigenvalue weighted by molar-refractivity contribution is -0.149. The summed E-state index contributed by atoms with van der Waals surface area (Å²) in [6.45, 7) is 6.18. The second-order valence-corrected chi connectivity index (χ2v) is 3.38. The van der Waals surface area contributed by atoms with Crippen LogP contribution >= 0.6 is 0 Å². The third-order valence-electron chi connectivity index (χ3n) is 2.36. The average Bonchev–Trinajstić information content (AvgIpc) is 2.15. The Balaban J connectivity index is 2.45. The number of morpholine rings is 1. The number of rotatable bonds is 2. The highest BCUT2D eigenvalue weighted by atomic mass is 16.5. The Morgan fingerprint density at radius 3 is 2.92 bits per heavy atom. The van der Waals surface area contributed by atoms with E-state index in [1.54, 1.807) is 0 Å². The van der Waals surface area contributed by atoms with E-state index in [0.717, 1.165) is 13.1 Å². The minimum absolute atomic E-state index is 0.156. The molecule has 0 aromatic carbocycles. The molecule has 1 saturated heterocycles. The molecule has 1 rings (SSSR count). The lowest BCUT2D eigenvalue weighted by Crippen LogP contribution is -2.48. The van der Waals surface area contributed by atoms with Gasteiger partial charge in [-0.3, -0.25) is 9.69 Å². The Kier molecular flexibility index (Phi) is 3.69. The van der Waals surface area contributed by atoms with E-state index in [4.69, 9.17) is 4.74 Å². The SMILES string of the molecule is COC(=O)C(C)N1CCOC(C)C1. The molecule has 76 valence electrons. The summed E-state index contributed by atoms with van der Waals surface area (Å²) in [6, 6.07) is -0.156. The molecule has 4 heteroatoms. The van der Waals surface area contributed by atoms with Gasteiger partial charge in [-0.2, -0.15) is 0 Å². The fraction of sp³-hybridized carbons (Fsp3) is 0.889. The van der Waals surface area contributed by atoms with Crippen LogP contribution in [0.1, 0.15) is 13.8 Å². The quantitative estimate of drug-likeness (QED) is 0.582. The average molecular weight is 187 g/mol. The molecule has 0 amide bonds. The molecule has 13 heavy (non-hydrogen) atoms. The molecule has 1 aliphatic rings. The van der Waals surface area contributed by atoms with Crippen LogP contribution in [0.25, 0.3) is 0 Å². The normalized spacial score (nSPS) is 26.8. The monoisotopic (exact) mass is 187 g/mol. The standard InChI is InChI=1S/C9H17NO3/c1-7-6-10(4-5-13-7)8(2)9(11)12-3/h7-8H,4-6H2,1-3H3. The van der Waals surface area contributed by atoms with Crippen LogP contribution in [-0.4, -0.2) is 49.8 Å². The number of esters is 1. The highest BCUT2D eigenvalue weighted by Crippen LogP contribution is 2.09. The minimum atomic E-state index is -0.172. The molecule has 0 spiro atoms. The summed E-state index contributed by atoms with van der Waals surface area (Å²) < 4.78 is 10.1. The summed E-state index contributed by atoms with van der Waals surface area (Å²) in [7, 11) is 1.42. The first-order valence-electron chi connectivity index (χ1n) is 4.58. The number of nitrogens with zero attached hydrogens (tertiary/aromatic N) is 1. The fourth-order valence-corrected chi connectivity index (χ4v) is 1.52. The molecule has 1 heterocycles. The minimum Gasteiger partial charge on any atom is -0.468 e. The highest BCUT2D eigenvalue weighted by Gasteiger charge is 2.26. The van der Waals surface area contributed by atoms with E-state index in [2.05, 4.69) is 9.64 Å². The van der Waals surface area contributed by atoms with E-state index in [-0.39, 0.29) is 18.1 Å². The molecular weight excluding hydrogens is 170 g/mol. The first kappa shape index (κ1) is 10.5. The highest BCUT2D eigenvalue weighted by molar-refractivity contribution is 5.75. The van der Waals surface area contributed by atoms with Crippen LogP contribution in [0.15, 0.2) is 0 Å². The first-order chi connectivity index (χ1) is 6.15. The molecule has 0 saturated carbocycles. The Bertz CT molecular complexity index is 184. The van der Waals surface area contributed by atoms with Gasteiger partial charge in [0.05, 0.1) is 19.8 Å². The Morgan fingerprint density at radius 2 is 2.38 bits per heavy atom. The van der Waals surface area contributed by atoms with Crippen molar-refractivity contribution in [1.29, 1.82) is 0 Å². The molecule has 0 bridgehead atoms. The Hall–Kier alpha value is -0.610. The van der Waals surface area contributed by atoms with Gasteiger partial charge in [0.1, 0.15) is 6.04 Å². The third-order valence-corrected chi connectivity index (χ3v) is 2.36. The van der Waals surface area contributed by atoms with Gasteiger partial charge < -0.3 is 9.47 Å². The van der Waals surface area contributed by atoms with Crippen molar-refractivity contribution in [3.05, 3.63) is 0 Å². The molecule has 1 aliphatic heterocycles. The van der Waals surface area contributed by atoms with Gasteiger partial charge in [-0.25, -0.2) is 0 Å². The first-order valence-corrected chi connectivity index (χ1v) is 4.58. The Morgan fingerprint density at radius 1 is 1.69 bits per heavy atom. The summed E-state index contributed by atoms with van der Waals surface area (Å²) in [5.41, 5.74) is 0. The maximum Gasteiger partial charge on any atom is 0.322 e. The van der Waals surface area contributed by atoms with E-state index in [1.807, 2.05) is 13.8 Å². The van der Waals surface area contributed by atoms with Gasteiger partial charge >= 0.3 is 5.97 Å². The van der Waals surface area contributed by atoms with Crippen molar-refractivity contribution in [2.75, 3.05) is 26.8 Å². The van der Waals surface area contributed by atoms with Crippen LogP contribution < -0.4 is 0 Å². The van der Waals surface area contributed by atoms with Crippen molar-refractivity contribution in [1.82, 2.24) is 4.90 Å². The van der Waals surface area contributed by atoms with Gasteiger partial charge in [-0.1, -0.05) is 0 Å². The van der Waals surface area contributed by atoms with E-state index in [1.165, 1.54) is 7.11 Å². The molecule has 2 atom stereocenters. The summed E-state index contributed by atoms with van der Waals surface area (Å²) in [4.78, 5) is 13.3. The molecule has 0 radical (unpaired) electrons. The zero-order valence-electron chi connectivity index (χ0n) is 8.45. The largest absolute Gasteiger partial charge is 0.468 e. The van der Waals surface area contributed by atoms with Crippen molar-refractivity contribution in [2.24, 2.45) is 0 Å². The third kappa shape index (κ3) is 2.67. The Labute approximate surface area is 78.8 Å². The van der Waals surface area contributed by atoms with Crippen molar-refractivity contribution in [3.63, 3.8) is 0 Å². The van der Waals surface area contributed by atoms with Gasteiger partial charge in [0.25, 0.3) is 0 Å². The van der Waals surface area contributed by atoms with E-state index in [9.17, 15) is 4.79 Å². The fourth-order valence-electron chi connectivity index (χ4n) is 1.52. The summed E-state index contributed by atoms with van der Waals surface area (Å²) in [6.07, 6.45) is 0.209. The second kappa shape index (κ2) is 4.58. The van der Waals surface area contributed by atoms with Gasteiger partial charge in [0, 0.05) is 13.1 Å². The second-order valence-electron chi connectivity index (χ2n) is 3.38. The number of ether oxygens (including phenoxy) is 2. The topological polar surface area (TPSA) is 38.8 Å². The van der Waals surface area contributed by atoms with Crippen molar-refractivity contribution >= 4 is 5.97 Å². The van der Waals surface area contributed by atoms with Gasteiger partial charge in [0.2, 0.25) is 0 Å². The number of hydrogen-bond donors (Lipinski definition) is 0. The molecule has 0 aromatic heterocycles. The van der Waals surface area contributed by atoms with Crippen molar-refractivity contribution in [3.8, 4) is 0 Å². The van der Waals surface area contributed by atoms with Crippen LogP contribution in [-0.2, 0) is 14.3 Å². The van der Waals surface area contributed by atoms with Crippen molar-refractivity contribution in [2.45, 2.75) is 26.0 Å². The summed E-state index contributed by atoms with van der Waals surface area (Å²) in [5.74, 6) is -0.172. The zero-order chi connectivity index (χ0) is 9.84. The summed E-state index contributed by atoms with van der Waals surface area (Å²) >= 11 is 0. The number of carbonyl (C=O) groups excluding carboxylic acids is 1. The molecular formula is C9H17NO3. The molecule has 0 aromatic rings. The smallest absolute Gasteiger partial charge is 0.322 e. The van der Waals surface area contributed by atoms with Crippen LogP contribution in [0.3, 0.4) is 0 Å². The maximum atomic E-state index is 11.2. The van der Waals surface area contributed by atoms with Gasteiger partial charge in [-0.05, 0) is 13.8 Å². The van der Waals surface area contributed by atoms with Crippen LogP contribution in [0.2, 0.25) is 0 Å². The number of methoxy groups -OCH3 is 1. The van der Waals surface area contributed by atoms with E-state index >= 15 is 0 Å². The molecule has 0 N–H and O–H groups in total. The van der Waals surface area contributed by atoms with Crippen LogP contribution in [0.4, 0.5) is 0 Å². The number of carbonyl (C=O) groups is 1. The molecule has 4 nitrogen and oxygen atoms in total. The molecule has 2 unspecified atom stereocenters. The van der Waals surface area contributed by atoms with E-state index < -0.39 is 0 Å². The summed E-state index contributed by atoms with van der Waals surface area (Å²) in [5, 5.41) is 0. The zero-order valence-corrected chi connectivity index (χ0v) is 8.45. The molecule has 1 fully saturated rings. The van der Waals surface area contributed by atoms with Gasteiger partial charge in [0.15, 0.2) is 0 Å². The van der Waals surface area contributed by atoms with Gasteiger partial charge in [-0.15, -0.1) is 0 Å². The van der Waals surface area contributed by atoms with Crippen LogP contribution in [0.5, 0.6) is 0 Å². The number of hydrogen-bond acceptors (Lipinski definition) is 4. The lowest BCUT2D eigenvalue weighted by atomic mass is 10.2. The van der Waals surface area contributed by atoms with Crippen LogP contribution in [0, 0.1) is 0 Å². The maximum absolute atomic E-state index is 11.2. The molecule has 0 aliphatic carbocycles. The predicted octanol–water partition coefficient (Wildman–Crippen LogP) is 0.269. The van der Waals surface area contributed by atoms with E-state index in [0.29, 0.717) is 6.61 Å².